The topological polar surface area (TPSA) is 87.3 Å². The van der Waals surface area contributed by atoms with Gasteiger partial charge in [-0.25, -0.2) is 9.97 Å². The van der Waals surface area contributed by atoms with Crippen LogP contribution in [0.5, 0.6) is 5.75 Å². The Hall–Kier alpha value is -3.65. The largest absolute Gasteiger partial charge is 0.493 e. The summed E-state index contributed by atoms with van der Waals surface area (Å²) in [5.74, 6) is -0.194. The van der Waals surface area contributed by atoms with Gasteiger partial charge in [0.1, 0.15) is 17.3 Å². The molecule has 0 saturated carbocycles. The predicted octanol–water partition coefficient (Wildman–Crippen LogP) is 3.46. The molecule has 1 amide bonds. The van der Waals surface area contributed by atoms with Crippen LogP contribution in [0.15, 0.2) is 30.6 Å². The van der Waals surface area contributed by atoms with E-state index in [0.717, 1.165) is 19.2 Å². The van der Waals surface area contributed by atoms with Gasteiger partial charge in [0, 0.05) is 52.3 Å². The highest BCUT2D eigenvalue weighted by Crippen LogP contribution is 2.39. The highest BCUT2D eigenvalue weighted by atomic mass is 19.4. The first-order valence-corrected chi connectivity index (χ1v) is 11.2. The molecule has 11 heteroatoms. The molecule has 1 aliphatic heterocycles. The number of carbonyl (C=O) groups excluding carboxylic acids is 1. The molecule has 0 bridgehead atoms. The first-order chi connectivity index (χ1) is 16.7. The number of piperazine rings is 1. The van der Waals surface area contributed by atoms with Crippen LogP contribution >= 0.6 is 0 Å². The molecule has 3 aromatic rings. The Labute approximate surface area is 200 Å². The van der Waals surface area contributed by atoms with E-state index in [4.69, 9.17) is 4.74 Å². The molecule has 3 heterocycles. The Kier molecular flexibility index (Phi) is 6.93. The zero-order chi connectivity index (χ0) is 25.2. The number of aromatic nitrogens is 3. The lowest BCUT2D eigenvalue weighted by Gasteiger charge is -2.34. The summed E-state index contributed by atoms with van der Waals surface area (Å²) in [5.41, 5.74) is 0.639. The van der Waals surface area contributed by atoms with E-state index in [-0.39, 0.29) is 35.2 Å². The number of amides is 1. The van der Waals surface area contributed by atoms with Crippen molar-refractivity contribution >= 4 is 16.9 Å². The zero-order valence-electron chi connectivity index (χ0n) is 19.5. The Morgan fingerprint density at radius 2 is 1.94 bits per heavy atom. The Morgan fingerprint density at radius 3 is 2.60 bits per heavy atom. The van der Waals surface area contributed by atoms with Crippen LogP contribution in [0.3, 0.4) is 0 Å². The van der Waals surface area contributed by atoms with Gasteiger partial charge in [-0.1, -0.05) is 0 Å². The normalized spacial score (nSPS) is 14.8. The molecule has 1 saturated heterocycles. The number of pyridine rings is 1. The standard InChI is InChI=1S/C24H25F3N6O2/c1-16(34)33-9-7-32(8-10-33)6-3-11-35-22-5-4-17(12-18(22)24(25,26)27)19-13-21-23(20(14-28)30-19)29-15-31(21)2/h4-5,12-13,15H,3,6-11H2,1-2H3. The molecule has 1 fully saturated rings. The minimum Gasteiger partial charge on any atom is -0.493 e. The first kappa shape index (κ1) is 24.5. The Morgan fingerprint density at radius 1 is 1.20 bits per heavy atom. The van der Waals surface area contributed by atoms with E-state index in [1.54, 1.807) is 29.5 Å². The summed E-state index contributed by atoms with van der Waals surface area (Å²) in [6, 6.07) is 7.39. The first-order valence-electron chi connectivity index (χ1n) is 11.2. The smallest absolute Gasteiger partial charge is 0.419 e. The molecule has 0 spiro atoms. The molecular formula is C24H25F3N6O2. The summed E-state index contributed by atoms with van der Waals surface area (Å²) in [7, 11) is 1.74. The van der Waals surface area contributed by atoms with Crippen LogP contribution in [0, 0.1) is 11.3 Å². The molecule has 0 N–H and O–H groups in total. The number of fused-ring (bicyclic) bond motifs is 1. The maximum absolute atomic E-state index is 13.9. The van der Waals surface area contributed by atoms with E-state index in [1.807, 2.05) is 6.07 Å². The number of aryl methyl sites for hydroxylation is 1. The van der Waals surface area contributed by atoms with E-state index in [2.05, 4.69) is 14.9 Å². The van der Waals surface area contributed by atoms with Crippen LogP contribution in [0.4, 0.5) is 13.2 Å². The molecule has 0 atom stereocenters. The lowest BCUT2D eigenvalue weighted by Crippen LogP contribution is -2.48. The van der Waals surface area contributed by atoms with E-state index in [9.17, 15) is 23.2 Å². The average molecular weight is 486 g/mol. The van der Waals surface area contributed by atoms with Crippen molar-refractivity contribution in [2.45, 2.75) is 19.5 Å². The number of nitriles is 1. The fraction of sp³-hybridized carbons (Fsp3) is 0.417. The molecular weight excluding hydrogens is 461 g/mol. The monoisotopic (exact) mass is 486 g/mol. The van der Waals surface area contributed by atoms with E-state index < -0.39 is 11.7 Å². The summed E-state index contributed by atoms with van der Waals surface area (Å²) in [6.07, 6.45) is -2.54. The molecule has 0 radical (unpaired) electrons. The molecule has 1 aliphatic rings. The van der Waals surface area contributed by atoms with Gasteiger partial charge in [-0.2, -0.15) is 18.4 Å². The van der Waals surface area contributed by atoms with Crippen LogP contribution in [0.2, 0.25) is 0 Å². The second-order valence-corrected chi connectivity index (χ2v) is 8.45. The van der Waals surface area contributed by atoms with Gasteiger partial charge in [0.25, 0.3) is 0 Å². The van der Waals surface area contributed by atoms with Crippen LogP contribution in [0.25, 0.3) is 22.3 Å². The summed E-state index contributed by atoms with van der Waals surface area (Å²) < 4.78 is 48.8. The number of hydrogen-bond acceptors (Lipinski definition) is 6. The third-order valence-corrected chi connectivity index (χ3v) is 6.09. The quantitative estimate of drug-likeness (QED) is 0.496. The number of hydrogen-bond donors (Lipinski definition) is 0. The van der Waals surface area contributed by atoms with Crippen molar-refractivity contribution in [1.82, 2.24) is 24.3 Å². The molecule has 0 aliphatic carbocycles. The highest BCUT2D eigenvalue weighted by molar-refractivity contribution is 5.84. The summed E-state index contributed by atoms with van der Waals surface area (Å²) in [4.78, 5) is 23.7. The van der Waals surface area contributed by atoms with E-state index >= 15 is 0 Å². The Balaban J connectivity index is 1.47. The van der Waals surface area contributed by atoms with Crippen LogP contribution in [0.1, 0.15) is 24.6 Å². The fourth-order valence-corrected chi connectivity index (χ4v) is 4.15. The van der Waals surface area contributed by atoms with E-state index in [1.165, 1.54) is 18.5 Å². The van der Waals surface area contributed by atoms with Gasteiger partial charge in [-0.15, -0.1) is 0 Å². The second kappa shape index (κ2) is 9.92. The van der Waals surface area contributed by atoms with Crippen molar-refractivity contribution in [3.8, 4) is 23.1 Å². The minimum atomic E-state index is -4.62. The highest BCUT2D eigenvalue weighted by Gasteiger charge is 2.35. The van der Waals surface area contributed by atoms with Crippen LogP contribution in [-0.2, 0) is 18.0 Å². The van der Waals surface area contributed by atoms with Gasteiger partial charge in [0.2, 0.25) is 5.91 Å². The number of alkyl halides is 3. The summed E-state index contributed by atoms with van der Waals surface area (Å²) >= 11 is 0. The molecule has 0 unspecified atom stereocenters. The van der Waals surface area contributed by atoms with Crippen molar-refractivity contribution < 1.29 is 22.7 Å². The molecule has 1 aromatic carbocycles. The van der Waals surface area contributed by atoms with Gasteiger partial charge in [0.05, 0.1) is 29.7 Å². The molecule has 2 aromatic heterocycles. The lowest BCUT2D eigenvalue weighted by atomic mass is 10.1. The molecule has 35 heavy (non-hydrogen) atoms. The number of benzene rings is 1. The third-order valence-electron chi connectivity index (χ3n) is 6.09. The SMILES string of the molecule is CC(=O)N1CCN(CCCOc2ccc(-c3cc4c(ncn4C)c(C#N)n3)cc2C(F)(F)F)CC1. The Bertz CT molecular complexity index is 1270. The van der Waals surface area contributed by atoms with Crippen molar-refractivity contribution in [2.75, 3.05) is 39.3 Å². The maximum atomic E-state index is 13.9. The van der Waals surface area contributed by atoms with Crippen molar-refractivity contribution in [2.24, 2.45) is 7.05 Å². The molecule has 4 rings (SSSR count). The second-order valence-electron chi connectivity index (χ2n) is 8.45. The fourth-order valence-electron chi connectivity index (χ4n) is 4.15. The van der Waals surface area contributed by atoms with Crippen LogP contribution < -0.4 is 4.74 Å². The zero-order valence-corrected chi connectivity index (χ0v) is 19.5. The average Bonchev–Trinajstić information content (AvgIpc) is 3.21. The van der Waals surface area contributed by atoms with Gasteiger partial charge >= 0.3 is 6.18 Å². The minimum absolute atomic E-state index is 0.0513. The van der Waals surface area contributed by atoms with Gasteiger partial charge in [-0.05, 0) is 30.7 Å². The number of nitrogens with zero attached hydrogens (tertiary/aromatic N) is 6. The van der Waals surface area contributed by atoms with Crippen LogP contribution in [-0.4, -0.2) is 69.6 Å². The number of ether oxygens (including phenoxy) is 1. The van der Waals surface area contributed by atoms with Gasteiger partial charge in [0.15, 0.2) is 5.69 Å². The van der Waals surface area contributed by atoms with Gasteiger partial charge < -0.3 is 14.2 Å². The third kappa shape index (κ3) is 5.38. The molecule has 8 nitrogen and oxygen atoms in total. The number of halogens is 3. The summed E-state index contributed by atoms with van der Waals surface area (Å²) in [6.45, 7) is 5.14. The maximum Gasteiger partial charge on any atom is 0.419 e. The van der Waals surface area contributed by atoms with Crippen molar-refractivity contribution in [3.05, 3.63) is 41.9 Å². The van der Waals surface area contributed by atoms with Gasteiger partial charge in [-0.3, -0.25) is 9.69 Å². The predicted molar refractivity (Wildman–Crippen MR) is 122 cm³/mol. The van der Waals surface area contributed by atoms with E-state index in [0.29, 0.717) is 37.1 Å². The summed E-state index contributed by atoms with van der Waals surface area (Å²) in [5, 5.41) is 9.41. The lowest BCUT2D eigenvalue weighted by molar-refractivity contribution is -0.139. The molecule has 184 valence electrons. The number of imidazole rings is 1. The number of carbonyl (C=O) groups is 1. The van der Waals surface area contributed by atoms with Crippen molar-refractivity contribution in [1.29, 1.82) is 5.26 Å². The number of rotatable bonds is 6. The van der Waals surface area contributed by atoms with Crippen molar-refractivity contribution in [3.63, 3.8) is 0 Å².